The first-order valence-electron chi connectivity index (χ1n) is 8.13. The Kier molecular flexibility index (Phi) is 4.45. The van der Waals surface area contributed by atoms with Gasteiger partial charge in [-0.2, -0.15) is 0 Å². The lowest BCUT2D eigenvalue weighted by Crippen LogP contribution is -2.36. The number of para-hydroxylation sites is 1. The molecule has 3 rings (SSSR count). The Morgan fingerprint density at radius 2 is 1.80 bits per heavy atom. The summed E-state index contributed by atoms with van der Waals surface area (Å²) in [6.07, 6.45) is 2.12. The maximum atomic E-state index is 12.6. The first-order valence-corrected chi connectivity index (χ1v) is 8.13. The van der Waals surface area contributed by atoms with E-state index in [9.17, 15) is 19.5 Å². The predicted molar refractivity (Wildman–Crippen MR) is 92.0 cm³/mol. The third-order valence-electron chi connectivity index (χ3n) is 4.64. The molecule has 0 saturated heterocycles. The molecule has 0 unspecified atom stereocenters. The Morgan fingerprint density at radius 3 is 2.44 bits per heavy atom. The second kappa shape index (κ2) is 6.56. The second-order valence-electron chi connectivity index (χ2n) is 6.23. The number of amides is 3. The van der Waals surface area contributed by atoms with Gasteiger partial charge in [-0.25, -0.2) is 4.79 Å². The van der Waals surface area contributed by atoms with Crippen LogP contribution < -0.4 is 16.8 Å². The summed E-state index contributed by atoms with van der Waals surface area (Å²) in [5, 5.41) is 13.2. The summed E-state index contributed by atoms with van der Waals surface area (Å²) in [7, 11) is 0. The van der Waals surface area contributed by atoms with Crippen LogP contribution in [0.2, 0.25) is 0 Å². The summed E-state index contributed by atoms with van der Waals surface area (Å²) < 4.78 is 0.991. The zero-order chi connectivity index (χ0) is 18.1. The lowest BCUT2D eigenvalue weighted by Gasteiger charge is -2.26. The minimum atomic E-state index is -0.880. The number of hydrogen-bond acceptors (Lipinski definition) is 4. The van der Waals surface area contributed by atoms with E-state index in [4.69, 9.17) is 11.5 Å². The number of benzene rings is 1. The third-order valence-corrected chi connectivity index (χ3v) is 4.64. The van der Waals surface area contributed by atoms with Gasteiger partial charge in [-0.3, -0.25) is 14.2 Å². The Labute approximate surface area is 143 Å². The number of aliphatic hydroxyl groups excluding tert-OH is 1. The highest BCUT2D eigenvalue weighted by Gasteiger charge is 2.32. The van der Waals surface area contributed by atoms with E-state index in [2.05, 4.69) is 5.32 Å². The summed E-state index contributed by atoms with van der Waals surface area (Å²) >= 11 is 0. The van der Waals surface area contributed by atoms with E-state index in [-0.39, 0.29) is 11.4 Å². The van der Waals surface area contributed by atoms with Gasteiger partial charge in [-0.1, -0.05) is 31.0 Å². The molecule has 1 saturated carbocycles. The minimum absolute atomic E-state index is 0.143. The molecule has 0 radical (unpaired) electrons. The Morgan fingerprint density at radius 1 is 1.12 bits per heavy atom. The maximum Gasteiger partial charge on any atom is 0.324 e. The molecule has 2 aromatic rings. The lowest BCUT2D eigenvalue weighted by atomic mass is 9.86. The van der Waals surface area contributed by atoms with E-state index in [0.717, 1.165) is 17.4 Å². The number of rotatable bonds is 3. The average Bonchev–Trinajstić information content (AvgIpc) is 2.90. The van der Waals surface area contributed by atoms with Crippen LogP contribution in [-0.4, -0.2) is 33.6 Å². The zero-order valence-electron chi connectivity index (χ0n) is 13.6. The van der Waals surface area contributed by atoms with Crippen LogP contribution in [-0.2, 0) is 4.79 Å². The number of nitrogens with two attached hydrogens (primary N) is 2. The van der Waals surface area contributed by atoms with Crippen LogP contribution in [0.1, 0.15) is 36.2 Å². The number of nitrogens with one attached hydrogen (secondary N) is 1. The molecule has 1 aliphatic rings. The fraction of sp³-hybridized carbons (Fsp3) is 0.353. The van der Waals surface area contributed by atoms with E-state index in [0.29, 0.717) is 23.7 Å². The van der Waals surface area contributed by atoms with Gasteiger partial charge in [-0.05, 0) is 18.9 Å². The monoisotopic (exact) mass is 344 g/mol. The van der Waals surface area contributed by atoms with Crippen molar-refractivity contribution in [2.24, 2.45) is 17.4 Å². The highest BCUT2D eigenvalue weighted by molar-refractivity contribution is 6.15. The zero-order valence-corrected chi connectivity index (χ0v) is 13.6. The van der Waals surface area contributed by atoms with Gasteiger partial charge in [0.25, 0.3) is 5.91 Å². The van der Waals surface area contributed by atoms with Crippen molar-refractivity contribution in [3.63, 3.8) is 0 Å². The standard InChI is InChI=1S/C17H20N4O4/c18-15(23)14-13(20-16(24)10-6-2-4-8-12(10)22)9-5-1-3-7-11(9)21(14)17(19)25/h1,3,5,7,10,12,22H,2,4,6,8H2,(H2,18,23)(H2,19,25)(H,20,24)/t10-,12+/m1/s1. The van der Waals surface area contributed by atoms with Crippen molar-refractivity contribution < 1.29 is 19.5 Å². The largest absolute Gasteiger partial charge is 0.392 e. The number of fused-ring (bicyclic) bond motifs is 1. The number of hydrogen-bond donors (Lipinski definition) is 4. The molecule has 1 fully saturated rings. The molecule has 8 nitrogen and oxygen atoms in total. The normalized spacial score (nSPS) is 20.4. The van der Waals surface area contributed by atoms with Crippen LogP contribution >= 0.6 is 0 Å². The van der Waals surface area contributed by atoms with Gasteiger partial charge < -0.3 is 21.9 Å². The van der Waals surface area contributed by atoms with Crippen molar-refractivity contribution in [2.75, 3.05) is 5.32 Å². The highest BCUT2D eigenvalue weighted by atomic mass is 16.3. The molecule has 8 heteroatoms. The average molecular weight is 344 g/mol. The van der Waals surface area contributed by atoms with Crippen LogP contribution in [0.5, 0.6) is 0 Å². The van der Waals surface area contributed by atoms with Gasteiger partial charge in [0.2, 0.25) is 5.91 Å². The first-order chi connectivity index (χ1) is 11.9. The number of primary amides is 2. The molecule has 1 aromatic carbocycles. The predicted octanol–water partition coefficient (Wildman–Crippen LogP) is 1.16. The highest BCUT2D eigenvalue weighted by Crippen LogP contribution is 2.32. The Balaban J connectivity index is 2.09. The molecule has 6 N–H and O–H groups in total. The molecular weight excluding hydrogens is 324 g/mol. The van der Waals surface area contributed by atoms with Crippen molar-refractivity contribution >= 4 is 34.4 Å². The lowest BCUT2D eigenvalue weighted by molar-refractivity contribution is -0.124. The Bertz CT molecular complexity index is 858. The Hall–Kier alpha value is -2.87. The SMILES string of the molecule is NC(=O)c1c(NC(=O)[C@@H]2CCCC[C@@H]2O)c2ccccc2n1C(N)=O. The summed E-state index contributed by atoms with van der Waals surface area (Å²) in [5.41, 5.74) is 11.2. The molecule has 0 bridgehead atoms. The van der Waals surface area contributed by atoms with Crippen LogP contribution in [0.15, 0.2) is 24.3 Å². The van der Waals surface area contributed by atoms with Crippen molar-refractivity contribution in [2.45, 2.75) is 31.8 Å². The van der Waals surface area contributed by atoms with Crippen LogP contribution in [0, 0.1) is 5.92 Å². The number of carbonyl (C=O) groups is 3. The van der Waals surface area contributed by atoms with Gasteiger partial charge in [0.15, 0.2) is 0 Å². The number of aliphatic hydroxyl groups is 1. The molecule has 2 atom stereocenters. The quantitative estimate of drug-likeness (QED) is 0.663. The molecule has 1 heterocycles. The van der Waals surface area contributed by atoms with Crippen molar-refractivity contribution in [3.8, 4) is 0 Å². The third kappa shape index (κ3) is 2.96. The van der Waals surface area contributed by atoms with Crippen LogP contribution in [0.4, 0.5) is 10.5 Å². The molecule has 25 heavy (non-hydrogen) atoms. The van der Waals surface area contributed by atoms with Crippen LogP contribution in [0.3, 0.4) is 0 Å². The summed E-state index contributed by atoms with van der Waals surface area (Å²) in [4.78, 5) is 36.4. The number of carbonyl (C=O) groups excluding carboxylic acids is 3. The molecule has 1 aliphatic carbocycles. The smallest absolute Gasteiger partial charge is 0.324 e. The van der Waals surface area contributed by atoms with Crippen molar-refractivity contribution in [3.05, 3.63) is 30.0 Å². The second-order valence-corrected chi connectivity index (χ2v) is 6.23. The van der Waals surface area contributed by atoms with E-state index < -0.39 is 29.9 Å². The number of nitrogens with zero attached hydrogens (tertiary/aromatic N) is 1. The molecule has 3 amide bonds. The summed E-state index contributed by atoms with van der Waals surface area (Å²) in [5.74, 6) is -1.85. The van der Waals surface area contributed by atoms with E-state index in [1.165, 1.54) is 0 Å². The first kappa shape index (κ1) is 17.0. The van der Waals surface area contributed by atoms with E-state index >= 15 is 0 Å². The fourth-order valence-corrected chi connectivity index (χ4v) is 3.46. The minimum Gasteiger partial charge on any atom is -0.392 e. The van der Waals surface area contributed by atoms with Gasteiger partial charge in [-0.15, -0.1) is 0 Å². The van der Waals surface area contributed by atoms with Crippen LogP contribution in [0.25, 0.3) is 10.9 Å². The molecule has 1 aromatic heterocycles. The topological polar surface area (TPSA) is 140 Å². The molecule has 0 spiro atoms. The molecular formula is C17H20N4O4. The van der Waals surface area contributed by atoms with Crippen molar-refractivity contribution in [1.29, 1.82) is 0 Å². The maximum absolute atomic E-state index is 12.6. The summed E-state index contributed by atoms with van der Waals surface area (Å²) in [6.45, 7) is 0. The van der Waals surface area contributed by atoms with Gasteiger partial charge >= 0.3 is 6.03 Å². The molecule has 132 valence electrons. The van der Waals surface area contributed by atoms with Gasteiger partial charge in [0.1, 0.15) is 5.69 Å². The number of aromatic nitrogens is 1. The number of anilines is 1. The van der Waals surface area contributed by atoms with E-state index in [1.807, 2.05) is 0 Å². The van der Waals surface area contributed by atoms with Gasteiger partial charge in [0, 0.05) is 5.39 Å². The van der Waals surface area contributed by atoms with E-state index in [1.54, 1.807) is 24.3 Å². The fourth-order valence-electron chi connectivity index (χ4n) is 3.46. The molecule has 0 aliphatic heterocycles. The van der Waals surface area contributed by atoms with Crippen molar-refractivity contribution in [1.82, 2.24) is 4.57 Å². The van der Waals surface area contributed by atoms with Gasteiger partial charge in [0.05, 0.1) is 23.2 Å². The summed E-state index contributed by atoms with van der Waals surface area (Å²) in [6, 6.07) is 5.79.